The molecule has 1 fully saturated rings. The van der Waals surface area contributed by atoms with Gasteiger partial charge in [0.25, 0.3) is 6.02 Å². The number of aliphatic hydroxyl groups excluding tert-OH is 1. The highest BCUT2D eigenvalue weighted by atomic mass is 16.5. The summed E-state index contributed by atoms with van der Waals surface area (Å²) in [5, 5.41) is 13.3. The number of hydrogen-bond donors (Lipinski definition) is 2. The molecule has 3 heterocycles. The Morgan fingerprint density at radius 3 is 2.65 bits per heavy atom. The van der Waals surface area contributed by atoms with Gasteiger partial charge in [-0.2, -0.15) is 4.99 Å². The van der Waals surface area contributed by atoms with Crippen molar-refractivity contribution in [3.05, 3.63) is 78.1 Å². The Kier molecular flexibility index (Phi) is 6.44. The van der Waals surface area contributed by atoms with E-state index in [2.05, 4.69) is 68.4 Å². The smallest absolute Gasteiger partial charge is 0.297 e. The molecule has 2 N–H and O–H groups in total. The molecule has 0 amide bonds. The standard InChI is InChI=1S/C26H30N6O2/c1-30-12-14-32(15-13-30)18-19-4-3-5-21(16-19)31(2)20-6-8-22(9-7-20)34-26-28-24-17-27-11-10-23(24)25(33)29-26/h3-11,16-17,25,33H,12-15,18H2,1-2H3,(H,28,29). The van der Waals surface area contributed by atoms with Crippen LogP contribution >= 0.6 is 0 Å². The number of likely N-dealkylation sites (N-methyl/N-ethyl adjacent to an activating group) is 1. The molecule has 0 bridgehead atoms. The Labute approximate surface area is 200 Å². The Bertz CT molecular complexity index is 1160. The molecule has 2 aliphatic rings. The number of amidine groups is 1. The Morgan fingerprint density at radius 1 is 1.06 bits per heavy atom. The summed E-state index contributed by atoms with van der Waals surface area (Å²) >= 11 is 0. The molecule has 176 valence electrons. The molecule has 0 saturated carbocycles. The summed E-state index contributed by atoms with van der Waals surface area (Å²) in [4.78, 5) is 15.3. The molecule has 0 radical (unpaired) electrons. The second-order valence-electron chi connectivity index (χ2n) is 8.80. The number of nitrogens with one attached hydrogen (secondary N) is 1. The van der Waals surface area contributed by atoms with E-state index in [1.54, 1.807) is 18.5 Å². The molecule has 8 nitrogen and oxygen atoms in total. The van der Waals surface area contributed by atoms with Gasteiger partial charge in [-0.15, -0.1) is 0 Å². The Hall–Kier alpha value is -3.46. The van der Waals surface area contributed by atoms with Crippen molar-refractivity contribution >= 4 is 23.1 Å². The first-order chi connectivity index (χ1) is 16.5. The summed E-state index contributed by atoms with van der Waals surface area (Å²) in [7, 11) is 4.25. The van der Waals surface area contributed by atoms with E-state index < -0.39 is 6.23 Å². The van der Waals surface area contributed by atoms with Crippen molar-refractivity contribution in [2.24, 2.45) is 4.99 Å². The highest BCUT2D eigenvalue weighted by molar-refractivity contribution is 5.93. The summed E-state index contributed by atoms with van der Waals surface area (Å²) in [6, 6.07) is 18.5. The monoisotopic (exact) mass is 458 g/mol. The van der Waals surface area contributed by atoms with Crippen molar-refractivity contribution in [2.75, 3.05) is 50.5 Å². The third-order valence-corrected chi connectivity index (χ3v) is 6.35. The maximum atomic E-state index is 10.2. The first kappa shape index (κ1) is 22.3. The number of hydrogen-bond acceptors (Lipinski definition) is 8. The molecule has 8 heteroatoms. The van der Waals surface area contributed by atoms with Crippen LogP contribution in [0.1, 0.15) is 17.4 Å². The van der Waals surface area contributed by atoms with Crippen LogP contribution < -0.4 is 15.0 Å². The molecule has 0 spiro atoms. The van der Waals surface area contributed by atoms with Crippen LogP contribution in [0.5, 0.6) is 5.75 Å². The van der Waals surface area contributed by atoms with E-state index in [-0.39, 0.29) is 6.02 Å². The van der Waals surface area contributed by atoms with E-state index >= 15 is 0 Å². The van der Waals surface area contributed by atoms with Crippen molar-refractivity contribution < 1.29 is 9.84 Å². The lowest BCUT2D eigenvalue weighted by Crippen LogP contribution is -2.43. The number of benzene rings is 2. The van der Waals surface area contributed by atoms with Crippen molar-refractivity contribution in [1.82, 2.24) is 14.8 Å². The summed E-state index contributed by atoms with van der Waals surface area (Å²) in [6.45, 7) is 5.44. The number of rotatable bonds is 5. The summed E-state index contributed by atoms with van der Waals surface area (Å²) in [5.74, 6) is 0.631. The number of aliphatic hydroxyl groups is 1. The van der Waals surface area contributed by atoms with Crippen LogP contribution in [0.15, 0.2) is 72.0 Å². The SMILES string of the molecule is CN1CCN(Cc2cccc(N(C)c3ccc(OC4=NC(O)c5ccncc5N4)cc3)c2)CC1. The average molecular weight is 459 g/mol. The van der Waals surface area contributed by atoms with E-state index in [1.807, 2.05) is 24.3 Å². The molecule has 1 saturated heterocycles. The van der Waals surface area contributed by atoms with Gasteiger partial charge >= 0.3 is 0 Å². The summed E-state index contributed by atoms with van der Waals surface area (Å²) < 4.78 is 5.86. The second kappa shape index (κ2) is 9.80. The van der Waals surface area contributed by atoms with Gasteiger partial charge in [0.15, 0.2) is 6.23 Å². The van der Waals surface area contributed by atoms with Gasteiger partial charge in [-0.1, -0.05) is 12.1 Å². The minimum atomic E-state index is -0.974. The van der Waals surface area contributed by atoms with E-state index in [0.29, 0.717) is 17.0 Å². The fourth-order valence-corrected chi connectivity index (χ4v) is 4.24. The fraction of sp³-hybridized carbons (Fsp3) is 0.308. The van der Waals surface area contributed by atoms with E-state index in [9.17, 15) is 5.11 Å². The van der Waals surface area contributed by atoms with E-state index in [4.69, 9.17) is 4.74 Å². The highest BCUT2D eigenvalue weighted by Gasteiger charge is 2.20. The van der Waals surface area contributed by atoms with Gasteiger partial charge in [-0.3, -0.25) is 9.88 Å². The predicted molar refractivity (Wildman–Crippen MR) is 135 cm³/mol. The molecule has 1 aromatic heterocycles. The summed E-state index contributed by atoms with van der Waals surface area (Å²) in [6.07, 6.45) is 2.30. The quantitative estimate of drug-likeness (QED) is 0.607. The van der Waals surface area contributed by atoms with Crippen LogP contribution in [0.2, 0.25) is 0 Å². The van der Waals surface area contributed by atoms with Crippen molar-refractivity contribution in [1.29, 1.82) is 0 Å². The van der Waals surface area contributed by atoms with Crippen LogP contribution in [-0.4, -0.2) is 66.2 Å². The Balaban J connectivity index is 1.23. The van der Waals surface area contributed by atoms with Gasteiger partial charge in [-0.25, -0.2) is 0 Å². The number of fused-ring (bicyclic) bond motifs is 1. The lowest BCUT2D eigenvalue weighted by molar-refractivity contribution is 0.148. The van der Waals surface area contributed by atoms with Crippen LogP contribution in [-0.2, 0) is 6.54 Å². The number of ether oxygens (including phenoxy) is 1. The first-order valence-electron chi connectivity index (χ1n) is 11.5. The number of aliphatic imine (C=N–C) groups is 1. The molecular formula is C26H30N6O2. The van der Waals surface area contributed by atoms with Crippen LogP contribution in [0.3, 0.4) is 0 Å². The van der Waals surface area contributed by atoms with E-state index in [1.165, 1.54) is 5.56 Å². The minimum absolute atomic E-state index is 0.241. The normalized spacial score (nSPS) is 18.6. The third-order valence-electron chi connectivity index (χ3n) is 6.35. The predicted octanol–water partition coefficient (Wildman–Crippen LogP) is 3.45. The van der Waals surface area contributed by atoms with Crippen LogP contribution in [0.4, 0.5) is 17.1 Å². The fourth-order valence-electron chi connectivity index (χ4n) is 4.24. The van der Waals surface area contributed by atoms with Crippen LogP contribution in [0.25, 0.3) is 0 Å². The van der Waals surface area contributed by atoms with Crippen LogP contribution in [0, 0.1) is 0 Å². The van der Waals surface area contributed by atoms with Gasteiger partial charge < -0.3 is 25.0 Å². The maximum Gasteiger partial charge on any atom is 0.297 e. The lowest BCUT2D eigenvalue weighted by Gasteiger charge is -2.32. The third kappa shape index (κ3) is 5.04. The van der Waals surface area contributed by atoms with E-state index in [0.717, 1.165) is 44.1 Å². The lowest BCUT2D eigenvalue weighted by atomic mass is 10.1. The average Bonchev–Trinajstić information content (AvgIpc) is 2.86. The zero-order valence-corrected chi connectivity index (χ0v) is 19.6. The molecule has 3 aromatic rings. The van der Waals surface area contributed by atoms with Gasteiger partial charge in [-0.05, 0) is 55.1 Å². The number of nitrogens with zero attached hydrogens (tertiary/aromatic N) is 5. The molecular weight excluding hydrogens is 428 g/mol. The minimum Gasteiger partial charge on any atom is -0.426 e. The summed E-state index contributed by atoms with van der Waals surface area (Å²) in [5.41, 5.74) is 4.88. The first-order valence-corrected chi connectivity index (χ1v) is 11.5. The van der Waals surface area contributed by atoms with Crippen molar-refractivity contribution in [3.63, 3.8) is 0 Å². The molecule has 1 unspecified atom stereocenters. The zero-order valence-electron chi connectivity index (χ0n) is 19.6. The molecule has 5 rings (SSSR count). The Morgan fingerprint density at radius 2 is 1.85 bits per heavy atom. The molecule has 34 heavy (non-hydrogen) atoms. The zero-order chi connectivity index (χ0) is 23.5. The van der Waals surface area contributed by atoms with Gasteiger partial charge in [0.1, 0.15) is 5.75 Å². The van der Waals surface area contributed by atoms with Gasteiger partial charge in [0, 0.05) is 62.9 Å². The number of anilines is 3. The molecule has 0 aliphatic carbocycles. The molecule has 1 atom stereocenters. The number of pyridine rings is 1. The topological polar surface area (TPSA) is 76.5 Å². The second-order valence-corrected chi connectivity index (χ2v) is 8.80. The maximum absolute atomic E-state index is 10.2. The van der Waals surface area contributed by atoms with Gasteiger partial charge in [0.2, 0.25) is 0 Å². The van der Waals surface area contributed by atoms with Crippen molar-refractivity contribution in [3.8, 4) is 5.75 Å². The molecule has 2 aromatic carbocycles. The van der Waals surface area contributed by atoms with Crippen molar-refractivity contribution in [2.45, 2.75) is 12.8 Å². The largest absolute Gasteiger partial charge is 0.426 e. The number of piperazine rings is 1. The number of aromatic nitrogens is 1. The highest BCUT2D eigenvalue weighted by Crippen LogP contribution is 2.29. The molecule has 2 aliphatic heterocycles. The van der Waals surface area contributed by atoms with Gasteiger partial charge in [0.05, 0.1) is 11.9 Å².